The smallest absolute Gasteiger partial charge is 0.123 e. The molecule has 1 N–H and O–H groups in total. The molecule has 104 valence electrons. The van der Waals surface area contributed by atoms with Crippen molar-refractivity contribution in [3.63, 3.8) is 0 Å². The van der Waals surface area contributed by atoms with Gasteiger partial charge in [0, 0.05) is 0 Å². The molecule has 2 aromatic carbocycles. The summed E-state index contributed by atoms with van der Waals surface area (Å²) in [5, 5.41) is 4.11. The minimum absolute atomic E-state index is 0.264. The molecule has 0 saturated heterocycles. The van der Waals surface area contributed by atoms with Gasteiger partial charge in [0.05, 0.1) is 18.5 Å². The van der Waals surface area contributed by atoms with Crippen molar-refractivity contribution in [3.05, 3.63) is 59.9 Å². The van der Waals surface area contributed by atoms with Gasteiger partial charge in [-0.15, -0.1) is 0 Å². The highest BCUT2D eigenvalue weighted by Crippen LogP contribution is 2.12. The molecule has 0 spiro atoms. The molecular weight excluding hydrogens is 255 g/mol. The van der Waals surface area contributed by atoms with Gasteiger partial charge in [-0.05, 0) is 48.4 Å². The van der Waals surface area contributed by atoms with Gasteiger partial charge in [0.25, 0.3) is 0 Å². The van der Waals surface area contributed by atoms with E-state index in [4.69, 9.17) is 4.74 Å². The van der Waals surface area contributed by atoms with Crippen molar-refractivity contribution in [2.75, 3.05) is 12.0 Å². The molecule has 0 aliphatic heterocycles. The van der Waals surface area contributed by atoms with Crippen molar-refractivity contribution in [2.24, 2.45) is 5.10 Å². The minimum Gasteiger partial charge on any atom is -0.494 e. The van der Waals surface area contributed by atoms with E-state index in [1.54, 1.807) is 18.3 Å². The molecule has 0 saturated carbocycles. The molecule has 0 aliphatic rings. The monoisotopic (exact) mass is 272 g/mol. The van der Waals surface area contributed by atoms with Crippen LogP contribution < -0.4 is 10.2 Å². The highest BCUT2D eigenvalue weighted by molar-refractivity contribution is 5.80. The van der Waals surface area contributed by atoms with E-state index in [1.165, 1.54) is 12.1 Å². The first-order chi connectivity index (χ1) is 9.78. The molecule has 0 fully saturated rings. The van der Waals surface area contributed by atoms with E-state index in [1.807, 2.05) is 24.3 Å². The third-order valence-corrected chi connectivity index (χ3v) is 2.58. The Balaban J connectivity index is 1.95. The molecule has 0 amide bonds. The molecule has 2 aromatic rings. The Labute approximate surface area is 118 Å². The SMILES string of the molecule is CCCOc1cccc(/C=N/Nc2ccc(F)cc2)c1. The lowest BCUT2D eigenvalue weighted by molar-refractivity contribution is 0.317. The number of hydrogen-bond donors (Lipinski definition) is 1. The minimum atomic E-state index is -0.264. The lowest BCUT2D eigenvalue weighted by Crippen LogP contribution is -1.96. The van der Waals surface area contributed by atoms with Crippen LogP contribution in [0, 0.1) is 5.82 Å². The predicted molar refractivity (Wildman–Crippen MR) is 79.8 cm³/mol. The fourth-order valence-electron chi connectivity index (χ4n) is 1.61. The summed E-state index contributed by atoms with van der Waals surface area (Å²) in [4.78, 5) is 0. The summed E-state index contributed by atoms with van der Waals surface area (Å²) >= 11 is 0. The molecule has 0 bridgehead atoms. The van der Waals surface area contributed by atoms with E-state index in [2.05, 4.69) is 17.5 Å². The van der Waals surface area contributed by atoms with Crippen LogP contribution in [0.2, 0.25) is 0 Å². The summed E-state index contributed by atoms with van der Waals surface area (Å²) < 4.78 is 18.3. The summed E-state index contributed by atoms with van der Waals surface area (Å²) in [5.74, 6) is 0.567. The van der Waals surface area contributed by atoms with Crippen LogP contribution in [0.1, 0.15) is 18.9 Å². The van der Waals surface area contributed by atoms with Crippen molar-refractivity contribution in [3.8, 4) is 5.75 Å². The van der Waals surface area contributed by atoms with Crippen LogP contribution in [0.4, 0.5) is 10.1 Å². The Morgan fingerprint density at radius 3 is 2.75 bits per heavy atom. The van der Waals surface area contributed by atoms with E-state index >= 15 is 0 Å². The van der Waals surface area contributed by atoms with Crippen LogP contribution in [0.15, 0.2) is 53.6 Å². The summed E-state index contributed by atoms with van der Waals surface area (Å²) in [6.45, 7) is 2.77. The molecule has 3 nitrogen and oxygen atoms in total. The van der Waals surface area contributed by atoms with E-state index < -0.39 is 0 Å². The van der Waals surface area contributed by atoms with Crippen molar-refractivity contribution < 1.29 is 9.13 Å². The van der Waals surface area contributed by atoms with Gasteiger partial charge in [-0.1, -0.05) is 19.1 Å². The molecule has 2 rings (SSSR count). The van der Waals surface area contributed by atoms with Crippen molar-refractivity contribution in [2.45, 2.75) is 13.3 Å². The number of halogens is 1. The lowest BCUT2D eigenvalue weighted by atomic mass is 10.2. The van der Waals surface area contributed by atoms with Crippen LogP contribution in [0.3, 0.4) is 0 Å². The predicted octanol–water partition coefficient (Wildman–Crippen LogP) is 4.06. The Bertz CT molecular complexity index is 567. The second-order valence-corrected chi connectivity index (χ2v) is 4.30. The number of ether oxygens (including phenoxy) is 1. The average molecular weight is 272 g/mol. The molecule has 0 aliphatic carbocycles. The Morgan fingerprint density at radius 2 is 2.00 bits per heavy atom. The zero-order valence-electron chi connectivity index (χ0n) is 11.3. The van der Waals surface area contributed by atoms with Crippen LogP contribution >= 0.6 is 0 Å². The van der Waals surface area contributed by atoms with Gasteiger partial charge >= 0.3 is 0 Å². The van der Waals surface area contributed by atoms with Gasteiger partial charge in [0.1, 0.15) is 11.6 Å². The highest BCUT2D eigenvalue weighted by Gasteiger charge is 1.94. The third kappa shape index (κ3) is 4.39. The summed E-state index contributed by atoms with van der Waals surface area (Å²) in [6, 6.07) is 13.7. The van der Waals surface area contributed by atoms with Crippen LogP contribution in [-0.2, 0) is 0 Å². The summed E-state index contributed by atoms with van der Waals surface area (Å²) in [6.07, 6.45) is 2.67. The molecule has 0 atom stereocenters. The first kappa shape index (κ1) is 14.1. The average Bonchev–Trinajstić information content (AvgIpc) is 2.48. The standard InChI is InChI=1S/C16H17FN2O/c1-2-10-20-16-5-3-4-13(11-16)12-18-19-15-8-6-14(17)7-9-15/h3-9,11-12,19H,2,10H2,1H3/b18-12+. The quantitative estimate of drug-likeness (QED) is 0.635. The number of hydrogen-bond acceptors (Lipinski definition) is 3. The van der Waals surface area contributed by atoms with E-state index in [0.717, 1.165) is 23.4 Å². The number of nitrogens with one attached hydrogen (secondary N) is 1. The Morgan fingerprint density at radius 1 is 1.20 bits per heavy atom. The van der Waals surface area contributed by atoms with E-state index in [0.29, 0.717) is 6.61 Å². The highest BCUT2D eigenvalue weighted by atomic mass is 19.1. The van der Waals surface area contributed by atoms with Gasteiger partial charge in [-0.3, -0.25) is 5.43 Å². The van der Waals surface area contributed by atoms with Crippen LogP contribution in [-0.4, -0.2) is 12.8 Å². The summed E-state index contributed by atoms with van der Waals surface area (Å²) in [7, 11) is 0. The topological polar surface area (TPSA) is 33.6 Å². The number of hydrazone groups is 1. The molecule has 0 radical (unpaired) electrons. The van der Waals surface area contributed by atoms with Gasteiger partial charge in [0.2, 0.25) is 0 Å². The van der Waals surface area contributed by atoms with Crippen LogP contribution in [0.5, 0.6) is 5.75 Å². The zero-order chi connectivity index (χ0) is 14.2. The van der Waals surface area contributed by atoms with Gasteiger partial charge in [-0.2, -0.15) is 5.10 Å². The largest absolute Gasteiger partial charge is 0.494 e. The number of nitrogens with zero attached hydrogens (tertiary/aromatic N) is 1. The second kappa shape index (κ2) is 7.28. The molecule has 20 heavy (non-hydrogen) atoms. The maximum atomic E-state index is 12.7. The van der Waals surface area contributed by atoms with Crippen molar-refractivity contribution in [1.29, 1.82) is 0 Å². The van der Waals surface area contributed by atoms with Crippen molar-refractivity contribution in [1.82, 2.24) is 0 Å². The number of benzene rings is 2. The lowest BCUT2D eigenvalue weighted by Gasteiger charge is -2.04. The Kier molecular flexibility index (Phi) is 5.12. The number of rotatable bonds is 6. The third-order valence-electron chi connectivity index (χ3n) is 2.58. The molecule has 0 heterocycles. The molecule has 0 aromatic heterocycles. The number of anilines is 1. The second-order valence-electron chi connectivity index (χ2n) is 4.30. The normalized spacial score (nSPS) is 10.7. The first-order valence-corrected chi connectivity index (χ1v) is 6.55. The maximum absolute atomic E-state index is 12.7. The van der Waals surface area contributed by atoms with Gasteiger partial charge in [0.15, 0.2) is 0 Å². The fourth-order valence-corrected chi connectivity index (χ4v) is 1.61. The fraction of sp³-hybridized carbons (Fsp3) is 0.188. The van der Waals surface area contributed by atoms with Gasteiger partial charge in [-0.25, -0.2) is 4.39 Å². The first-order valence-electron chi connectivity index (χ1n) is 6.55. The molecule has 0 unspecified atom stereocenters. The van der Waals surface area contributed by atoms with E-state index in [9.17, 15) is 4.39 Å². The molecule has 4 heteroatoms. The Hall–Kier alpha value is -2.36. The van der Waals surface area contributed by atoms with Crippen molar-refractivity contribution >= 4 is 11.9 Å². The maximum Gasteiger partial charge on any atom is 0.123 e. The summed E-state index contributed by atoms with van der Waals surface area (Å²) in [5.41, 5.74) is 4.52. The van der Waals surface area contributed by atoms with Gasteiger partial charge < -0.3 is 4.74 Å². The molecular formula is C16H17FN2O. The van der Waals surface area contributed by atoms with Crippen LogP contribution in [0.25, 0.3) is 0 Å². The van der Waals surface area contributed by atoms with E-state index in [-0.39, 0.29) is 5.82 Å². The zero-order valence-corrected chi connectivity index (χ0v) is 11.3.